The second kappa shape index (κ2) is 8.45. The predicted octanol–water partition coefficient (Wildman–Crippen LogP) is 0.872. The molecule has 2 heterocycles. The molecule has 2 aliphatic heterocycles. The molecule has 136 valence electrons. The van der Waals surface area contributed by atoms with Gasteiger partial charge in [0, 0.05) is 25.7 Å². The van der Waals surface area contributed by atoms with E-state index in [9.17, 15) is 9.59 Å². The van der Waals surface area contributed by atoms with Crippen molar-refractivity contribution in [3.63, 3.8) is 0 Å². The van der Waals surface area contributed by atoms with E-state index in [0.717, 1.165) is 26.1 Å². The molecule has 2 saturated heterocycles. The van der Waals surface area contributed by atoms with Crippen LogP contribution in [0.25, 0.3) is 0 Å². The van der Waals surface area contributed by atoms with E-state index in [2.05, 4.69) is 41.4 Å². The van der Waals surface area contributed by atoms with Gasteiger partial charge in [-0.3, -0.25) is 14.5 Å². The van der Waals surface area contributed by atoms with Crippen molar-refractivity contribution in [3.8, 4) is 0 Å². The van der Waals surface area contributed by atoms with Gasteiger partial charge in [-0.25, -0.2) is 0 Å². The number of benzene rings is 1. The maximum Gasteiger partial charge on any atom is 0.249 e. The molecule has 3 rings (SSSR count). The van der Waals surface area contributed by atoms with Crippen molar-refractivity contribution in [1.82, 2.24) is 15.1 Å². The zero-order valence-electron chi connectivity index (χ0n) is 14.8. The molecule has 1 aromatic rings. The molecule has 6 nitrogen and oxygen atoms in total. The van der Waals surface area contributed by atoms with Crippen molar-refractivity contribution >= 4 is 11.8 Å². The van der Waals surface area contributed by atoms with Gasteiger partial charge >= 0.3 is 0 Å². The molecule has 2 amide bonds. The first-order valence-electron chi connectivity index (χ1n) is 9.03. The summed E-state index contributed by atoms with van der Waals surface area (Å²) < 4.78 is 5.09. The average Bonchev–Trinajstić information content (AvgIpc) is 3.06. The summed E-state index contributed by atoms with van der Waals surface area (Å²) in [6.45, 7) is 6.29. The number of rotatable bonds is 6. The van der Waals surface area contributed by atoms with Crippen LogP contribution in [0.2, 0.25) is 0 Å². The fraction of sp³-hybridized carbons (Fsp3) is 0.579. The van der Waals surface area contributed by atoms with Crippen molar-refractivity contribution in [2.75, 3.05) is 39.4 Å². The largest absolute Gasteiger partial charge is 0.370 e. The maximum absolute atomic E-state index is 12.2. The highest BCUT2D eigenvalue weighted by Crippen LogP contribution is 2.21. The molecule has 0 bridgehead atoms. The number of carbonyl (C=O) groups excluding carboxylic acids is 2. The molecule has 0 aromatic heterocycles. The fourth-order valence-corrected chi connectivity index (χ4v) is 3.56. The summed E-state index contributed by atoms with van der Waals surface area (Å²) in [4.78, 5) is 27.9. The molecule has 0 saturated carbocycles. The fourth-order valence-electron chi connectivity index (χ4n) is 3.56. The molecule has 0 spiro atoms. The quantitative estimate of drug-likeness (QED) is 0.831. The van der Waals surface area contributed by atoms with Gasteiger partial charge in [-0.15, -0.1) is 0 Å². The minimum Gasteiger partial charge on any atom is -0.370 e. The van der Waals surface area contributed by atoms with Gasteiger partial charge in [-0.1, -0.05) is 30.3 Å². The molecule has 2 aliphatic rings. The van der Waals surface area contributed by atoms with Crippen LogP contribution < -0.4 is 5.32 Å². The lowest BCUT2D eigenvalue weighted by atomic mass is 10.0. The van der Waals surface area contributed by atoms with Crippen LogP contribution in [0, 0.1) is 5.92 Å². The van der Waals surface area contributed by atoms with Crippen molar-refractivity contribution in [1.29, 1.82) is 0 Å². The van der Waals surface area contributed by atoms with E-state index < -0.39 is 0 Å². The zero-order chi connectivity index (χ0) is 17.6. The van der Waals surface area contributed by atoms with E-state index in [1.54, 1.807) is 4.90 Å². The van der Waals surface area contributed by atoms with Crippen LogP contribution in [-0.4, -0.2) is 67.0 Å². The second-order valence-corrected chi connectivity index (χ2v) is 6.99. The second-order valence-electron chi connectivity index (χ2n) is 6.99. The van der Waals surface area contributed by atoms with Crippen molar-refractivity contribution in [2.24, 2.45) is 5.92 Å². The molecular weight excluding hydrogens is 318 g/mol. The highest BCUT2D eigenvalue weighted by Gasteiger charge is 2.29. The number of nitrogens with one attached hydrogen (secondary N) is 1. The van der Waals surface area contributed by atoms with Crippen LogP contribution >= 0.6 is 0 Å². The van der Waals surface area contributed by atoms with Crippen LogP contribution in [0.5, 0.6) is 0 Å². The Balaban J connectivity index is 1.43. The van der Waals surface area contributed by atoms with Gasteiger partial charge in [0.1, 0.15) is 6.61 Å². The number of hydrogen-bond acceptors (Lipinski definition) is 4. The SMILES string of the molecule is CC(NC(=O)CN1CCOCC1=O)C1CCN(Cc2ccccc2)C1. The zero-order valence-corrected chi connectivity index (χ0v) is 14.8. The van der Waals surface area contributed by atoms with E-state index in [4.69, 9.17) is 4.74 Å². The van der Waals surface area contributed by atoms with Crippen LogP contribution in [0.1, 0.15) is 18.9 Å². The highest BCUT2D eigenvalue weighted by atomic mass is 16.5. The molecule has 1 aromatic carbocycles. The Morgan fingerprint density at radius 2 is 2.12 bits per heavy atom. The number of nitrogens with zero attached hydrogens (tertiary/aromatic N) is 2. The monoisotopic (exact) mass is 345 g/mol. The third kappa shape index (κ3) is 5.03. The minimum absolute atomic E-state index is 0.0794. The van der Waals surface area contributed by atoms with Gasteiger partial charge in [-0.2, -0.15) is 0 Å². The van der Waals surface area contributed by atoms with Gasteiger partial charge in [0.15, 0.2) is 0 Å². The molecule has 1 N–H and O–H groups in total. The van der Waals surface area contributed by atoms with Gasteiger partial charge in [0.05, 0.1) is 13.2 Å². The molecule has 2 unspecified atom stereocenters. The third-order valence-corrected chi connectivity index (χ3v) is 5.07. The van der Waals surface area contributed by atoms with E-state index in [1.165, 1.54) is 5.56 Å². The van der Waals surface area contributed by atoms with Gasteiger partial charge in [0.2, 0.25) is 11.8 Å². The van der Waals surface area contributed by atoms with Crippen molar-refractivity contribution < 1.29 is 14.3 Å². The number of carbonyl (C=O) groups is 2. The van der Waals surface area contributed by atoms with Crippen LogP contribution in [0.4, 0.5) is 0 Å². The van der Waals surface area contributed by atoms with E-state index in [-0.39, 0.29) is 31.0 Å². The summed E-state index contributed by atoms with van der Waals surface area (Å²) in [5.41, 5.74) is 1.32. The summed E-state index contributed by atoms with van der Waals surface area (Å²) in [5, 5.41) is 3.07. The van der Waals surface area contributed by atoms with E-state index in [1.807, 2.05) is 6.07 Å². The number of amides is 2. The van der Waals surface area contributed by atoms with Gasteiger partial charge in [0.25, 0.3) is 0 Å². The summed E-state index contributed by atoms with van der Waals surface area (Å²) in [6, 6.07) is 10.6. The smallest absolute Gasteiger partial charge is 0.249 e. The Morgan fingerprint density at radius 1 is 1.32 bits per heavy atom. The maximum atomic E-state index is 12.2. The third-order valence-electron chi connectivity index (χ3n) is 5.07. The highest BCUT2D eigenvalue weighted by molar-refractivity contribution is 5.85. The first kappa shape index (κ1) is 17.9. The molecule has 25 heavy (non-hydrogen) atoms. The Morgan fingerprint density at radius 3 is 2.88 bits per heavy atom. The standard InChI is InChI=1S/C19H27N3O3/c1-15(20-18(23)13-22-9-10-25-14-19(22)24)17-7-8-21(12-17)11-16-5-3-2-4-6-16/h2-6,15,17H,7-14H2,1H3,(H,20,23). The van der Waals surface area contributed by atoms with Crippen molar-refractivity contribution in [2.45, 2.75) is 25.9 Å². The number of hydrogen-bond donors (Lipinski definition) is 1. The Labute approximate surface area is 149 Å². The lowest BCUT2D eigenvalue weighted by molar-refractivity contribution is -0.146. The molecule has 0 radical (unpaired) electrons. The summed E-state index contributed by atoms with van der Waals surface area (Å²) in [6.07, 6.45) is 1.09. The number of morpholine rings is 1. The summed E-state index contributed by atoms with van der Waals surface area (Å²) in [5.74, 6) is 0.265. The predicted molar refractivity (Wildman–Crippen MR) is 94.8 cm³/mol. The lowest BCUT2D eigenvalue weighted by Gasteiger charge is -2.28. The average molecular weight is 345 g/mol. The first-order chi connectivity index (χ1) is 12.1. The van der Waals surface area contributed by atoms with E-state index in [0.29, 0.717) is 19.1 Å². The first-order valence-corrected chi connectivity index (χ1v) is 9.03. The number of ether oxygens (including phenoxy) is 1. The van der Waals surface area contributed by atoms with Crippen LogP contribution in [0.3, 0.4) is 0 Å². The molecule has 2 fully saturated rings. The van der Waals surface area contributed by atoms with Crippen molar-refractivity contribution in [3.05, 3.63) is 35.9 Å². The minimum atomic E-state index is -0.107. The normalized spacial score (nSPS) is 22.8. The topological polar surface area (TPSA) is 61.9 Å². The van der Waals surface area contributed by atoms with E-state index >= 15 is 0 Å². The Hall–Kier alpha value is -1.92. The number of likely N-dealkylation sites (tertiary alicyclic amines) is 1. The molecule has 6 heteroatoms. The Kier molecular flexibility index (Phi) is 6.04. The van der Waals surface area contributed by atoms with Gasteiger partial charge < -0.3 is 15.0 Å². The molecular formula is C19H27N3O3. The van der Waals surface area contributed by atoms with Crippen LogP contribution in [0.15, 0.2) is 30.3 Å². The van der Waals surface area contributed by atoms with Crippen LogP contribution in [-0.2, 0) is 20.9 Å². The lowest BCUT2D eigenvalue weighted by Crippen LogP contribution is -2.49. The Bertz CT molecular complexity index is 593. The molecule has 0 aliphatic carbocycles. The molecule has 2 atom stereocenters. The summed E-state index contributed by atoms with van der Waals surface area (Å²) in [7, 11) is 0. The van der Waals surface area contributed by atoms with Gasteiger partial charge in [-0.05, 0) is 31.4 Å². The summed E-state index contributed by atoms with van der Waals surface area (Å²) >= 11 is 0.